The molecule has 6 N–H and O–H groups in total. The lowest BCUT2D eigenvalue weighted by atomic mass is 9.54. The largest absolute Gasteiger partial charge is 0.394 e. The maximum atomic E-state index is 13.2. The molecule has 38 heavy (non-hydrogen) atoms. The predicted molar refractivity (Wildman–Crippen MR) is 134 cm³/mol. The molecule has 3 amide bonds. The summed E-state index contributed by atoms with van der Waals surface area (Å²) in [6, 6.07) is -1.78. The van der Waals surface area contributed by atoms with Gasteiger partial charge in [0, 0.05) is 35.3 Å². The zero-order chi connectivity index (χ0) is 27.5. The van der Waals surface area contributed by atoms with Gasteiger partial charge in [-0.15, -0.1) is 0 Å². The Bertz CT molecular complexity index is 1270. The molecule has 1 saturated carbocycles. The quantitative estimate of drug-likeness (QED) is 0.191. The normalized spacial score (nSPS) is 40.9. The fourth-order valence-electron chi connectivity index (χ4n) is 5.92. The smallest absolute Gasteiger partial charge is 0.330 e. The van der Waals surface area contributed by atoms with Gasteiger partial charge in [-0.3, -0.25) is 29.4 Å². The first-order valence-corrected chi connectivity index (χ1v) is 13.7. The van der Waals surface area contributed by atoms with Crippen LogP contribution in [0.25, 0.3) is 0 Å². The van der Waals surface area contributed by atoms with E-state index < -0.39 is 95.5 Å². The van der Waals surface area contributed by atoms with Crippen molar-refractivity contribution >= 4 is 43.8 Å². The Balaban J connectivity index is 1.59. The van der Waals surface area contributed by atoms with Gasteiger partial charge in [0.25, 0.3) is 5.56 Å². The van der Waals surface area contributed by atoms with E-state index in [4.69, 9.17) is 9.47 Å². The first-order chi connectivity index (χ1) is 18.1. The second-order valence-electron chi connectivity index (χ2n) is 9.75. The van der Waals surface area contributed by atoms with Gasteiger partial charge in [0.1, 0.15) is 30.1 Å². The van der Waals surface area contributed by atoms with Crippen LogP contribution in [0.4, 0.5) is 4.79 Å². The standard InChI is InChI=1S/C22H26Br2N4O10/c23-2-1-22-16(24)15(8-5-27(20(35)25-18(8)33)13-3-9(31)11(6-29)37-13)17(22)28(21(36)26-19(22)34)14-4-10(32)12(7-30)38-14/h1-2,5,9-17,29-32H,3-4,6-7H2,(H,25,33,35)(H,26,34,36)/b2-1+/t9-,10-,11+,12+,13+,14+,15?,16?,17?,22?/m0/s1. The minimum Gasteiger partial charge on any atom is -0.394 e. The molecule has 1 aromatic heterocycles. The number of aliphatic hydroxyl groups excluding tert-OH is 4. The number of aromatic amines is 1. The van der Waals surface area contributed by atoms with Crippen LogP contribution in [0.5, 0.6) is 0 Å². The number of rotatable bonds is 6. The van der Waals surface area contributed by atoms with Crippen LogP contribution in [0.15, 0.2) is 26.8 Å². The summed E-state index contributed by atoms with van der Waals surface area (Å²) in [4.78, 5) is 56.4. The molecule has 3 saturated heterocycles. The van der Waals surface area contributed by atoms with E-state index in [1.165, 1.54) is 16.1 Å². The average molecular weight is 666 g/mol. The summed E-state index contributed by atoms with van der Waals surface area (Å²) in [7, 11) is 0. The number of fused-ring (bicyclic) bond motifs is 1. The summed E-state index contributed by atoms with van der Waals surface area (Å²) in [5, 5.41) is 41.7. The van der Waals surface area contributed by atoms with Gasteiger partial charge in [0.05, 0.1) is 31.5 Å². The van der Waals surface area contributed by atoms with E-state index in [1.54, 1.807) is 6.08 Å². The van der Waals surface area contributed by atoms with Crippen LogP contribution in [0.2, 0.25) is 0 Å². The van der Waals surface area contributed by atoms with E-state index in [1.807, 2.05) is 0 Å². The molecule has 208 valence electrons. The van der Waals surface area contributed by atoms with Crippen molar-refractivity contribution < 1.29 is 39.5 Å². The molecule has 0 spiro atoms. The van der Waals surface area contributed by atoms with Crippen molar-refractivity contribution in [2.45, 2.75) is 66.5 Å². The maximum Gasteiger partial charge on any atom is 0.330 e. The molecule has 0 radical (unpaired) electrons. The second kappa shape index (κ2) is 10.2. The molecule has 16 heteroatoms. The first-order valence-electron chi connectivity index (χ1n) is 11.9. The van der Waals surface area contributed by atoms with Gasteiger partial charge in [-0.05, 0) is 4.99 Å². The van der Waals surface area contributed by atoms with Crippen LogP contribution in [0.3, 0.4) is 0 Å². The Labute approximate surface area is 231 Å². The number of H-pyrrole nitrogens is 1. The van der Waals surface area contributed by atoms with Gasteiger partial charge in [0.15, 0.2) is 0 Å². The van der Waals surface area contributed by atoms with Crippen LogP contribution in [-0.4, -0.2) is 102 Å². The van der Waals surface area contributed by atoms with E-state index in [9.17, 15) is 39.6 Å². The lowest BCUT2D eigenvalue weighted by Gasteiger charge is -2.62. The Morgan fingerprint density at radius 3 is 2.24 bits per heavy atom. The number of hydrogen-bond acceptors (Lipinski definition) is 10. The van der Waals surface area contributed by atoms with Crippen LogP contribution >= 0.6 is 31.9 Å². The Kier molecular flexibility index (Phi) is 7.45. The number of ether oxygens (including phenoxy) is 2. The molecule has 14 nitrogen and oxygen atoms in total. The number of nitrogens with zero attached hydrogens (tertiary/aromatic N) is 2. The van der Waals surface area contributed by atoms with Crippen LogP contribution in [0.1, 0.15) is 30.6 Å². The predicted octanol–water partition coefficient (Wildman–Crippen LogP) is -1.68. The molecule has 5 rings (SSSR count). The van der Waals surface area contributed by atoms with Crippen LogP contribution in [0, 0.1) is 5.41 Å². The van der Waals surface area contributed by atoms with Gasteiger partial charge < -0.3 is 29.9 Å². The summed E-state index contributed by atoms with van der Waals surface area (Å²) >= 11 is 6.74. The molecular weight excluding hydrogens is 640 g/mol. The minimum absolute atomic E-state index is 0.0118. The summed E-state index contributed by atoms with van der Waals surface area (Å²) in [6.07, 6.45) is -3.17. The third-order valence-electron chi connectivity index (χ3n) is 7.83. The number of aromatic nitrogens is 2. The fourth-order valence-corrected chi connectivity index (χ4v) is 7.56. The molecule has 4 heterocycles. The number of imide groups is 1. The van der Waals surface area contributed by atoms with Crippen molar-refractivity contribution in [3.8, 4) is 0 Å². The highest BCUT2D eigenvalue weighted by molar-refractivity contribution is 9.11. The number of hydrogen-bond donors (Lipinski definition) is 6. The van der Waals surface area contributed by atoms with E-state index in [2.05, 4.69) is 42.2 Å². The van der Waals surface area contributed by atoms with Gasteiger partial charge in [0.2, 0.25) is 5.91 Å². The Morgan fingerprint density at radius 2 is 1.66 bits per heavy atom. The second-order valence-corrected chi connectivity index (χ2v) is 11.3. The lowest BCUT2D eigenvalue weighted by molar-refractivity contribution is -0.154. The lowest BCUT2D eigenvalue weighted by Crippen LogP contribution is -2.79. The van der Waals surface area contributed by atoms with Crippen LogP contribution < -0.4 is 16.6 Å². The summed E-state index contributed by atoms with van der Waals surface area (Å²) < 4.78 is 12.4. The van der Waals surface area contributed by atoms with Crippen molar-refractivity contribution in [3.63, 3.8) is 0 Å². The van der Waals surface area contributed by atoms with E-state index in [0.29, 0.717) is 0 Å². The van der Waals surface area contributed by atoms with Crippen molar-refractivity contribution in [1.29, 1.82) is 0 Å². The number of urea groups is 1. The number of nitrogens with one attached hydrogen (secondary N) is 2. The molecule has 0 aromatic carbocycles. The Morgan fingerprint density at radius 1 is 1.05 bits per heavy atom. The zero-order valence-corrected chi connectivity index (χ0v) is 22.8. The Hall–Kier alpha value is -1.92. The summed E-state index contributed by atoms with van der Waals surface area (Å²) in [6.45, 7) is -0.952. The minimum atomic E-state index is -1.36. The van der Waals surface area contributed by atoms with Crippen LogP contribution in [-0.2, 0) is 14.3 Å². The molecule has 4 unspecified atom stereocenters. The number of carbonyl (C=O) groups is 2. The number of alkyl halides is 1. The molecule has 4 aliphatic rings. The molecule has 10 atom stereocenters. The average Bonchev–Trinajstić information content (AvgIpc) is 3.43. The monoisotopic (exact) mass is 664 g/mol. The van der Waals surface area contributed by atoms with Crippen molar-refractivity contribution in [2.75, 3.05) is 13.2 Å². The number of amides is 3. The van der Waals surface area contributed by atoms with Crippen molar-refractivity contribution in [2.24, 2.45) is 5.41 Å². The highest BCUT2D eigenvalue weighted by Gasteiger charge is 2.71. The number of halogens is 2. The van der Waals surface area contributed by atoms with E-state index in [-0.39, 0.29) is 18.4 Å². The fraction of sp³-hybridized carbons (Fsp3) is 0.636. The number of aliphatic hydroxyl groups is 4. The topological polar surface area (TPSA) is 204 Å². The molecule has 3 aliphatic heterocycles. The third-order valence-corrected chi connectivity index (χ3v) is 9.42. The molecule has 4 fully saturated rings. The zero-order valence-electron chi connectivity index (χ0n) is 19.6. The molecule has 1 aromatic rings. The third kappa shape index (κ3) is 4.04. The highest BCUT2D eigenvalue weighted by Crippen LogP contribution is 2.60. The van der Waals surface area contributed by atoms with Crippen molar-refractivity contribution in [1.82, 2.24) is 19.8 Å². The van der Waals surface area contributed by atoms with Gasteiger partial charge in [-0.1, -0.05) is 37.9 Å². The first kappa shape index (κ1) is 27.6. The summed E-state index contributed by atoms with van der Waals surface area (Å²) in [5.74, 6) is -1.45. The van der Waals surface area contributed by atoms with Crippen molar-refractivity contribution in [3.05, 3.63) is 43.7 Å². The van der Waals surface area contributed by atoms with Gasteiger partial charge in [-0.25, -0.2) is 9.59 Å². The van der Waals surface area contributed by atoms with Gasteiger partial charge >= 0.3 is 11.7 Å². The molecular formula is C22H26Br2N4O10. The highest BCUT2D eigenvalue weighted by atomic mass is 79.9. The molecule has 0 bridgehead atoms. The van der Waals surface area contributed by atoms with Gasteiger partial charge in [-0.2, -0.15) is 0 Å². The number of carbonyl (C=O) groups excluding carboxylic acids is 2. The van der Waals surface area contributed by atoms with E-state index >= 15 is 0 Å². The SMILES string of the molecule is O=C1NC(=O)C2(/C=C/Br)C(Br)C(c3cn([C@H]4C[C@H](O)[C@@H](CO)O4)c(=O)[nH]c3=O)C2N1[C@H]1C[C@H](O)[C@@H](CO)O1. The maximum absolute atomic E-state index is 13.2. The molecule has 1 aliphatic carbocycles. The summed E-state index contributed by atoms with van der Waals surface area (Å²) in [5.41, 5.74) is -2.84. The van der Waals surface area contributed by atoms with E-state index in [0.717, 1.165) is 4.57 Å².